The zero-order valence-corrected chi connectivity index (χ0v) is 12.5. The molecule has 0 fully saturated rings. The van der Waals surface area contributed by atoms with Crippen LogP contribution in [0.25, 0.3) is 10.2 Å². The molecule has 0 amide bonds. The van der Waals surface area contributed by atoms with Crippen molar-refractivity contribution in [3.05, 3.63) is 47.5 Å². The molecule has 2 aromatic carbocycles. The number of rotatable bonds is 3. The molecule has 0 unspecified atom stereocenters. The molecule has 3 aromatic rings. The maximum Gasteiger partial charge on any atom is 0.188 e. The molecule has 20 heavy (non-hydrogen) atoms. The van der Waals surface area contributed by atoms with Crippen molar-refractivity contribution in [3.8, 4) is 5.75 Å². The standard InChI is InChI=1S/C16H16N2OS/c1-10-4-7-15-14(8-10)18-16(20-15)17-13-6-5-12(19-3)9-11(13)2/h4-9H,1-3H3,(H,17,18). The van der Waals surface area contributed by atoms with Crippen molar-refractivity contribution < 1.29 is 4.74 Å². The maximum atomic E-state index is 5.22. The Labute approximate surface area is 122 Å². The Bertz CT molecular complexity index is 764. The predicted molar refractivity (Wildman–Crippen MR) is 85.4 cm³/mol. The van der Waals surface area contributed by atoms with E-state index in [-0.39, 0.29) is 0 Å². The van der Waals surface area contributed by atoms with Crippen LogP contribution in [0.3, 0.4) is 0 Å². The maximum absolute atomic E-state index is 5.22. The van der Waals surface area contributed by atoms with E-state index in [2.05, 4.69) is 42.3 Å². The highest BCUT2D eigenvalue weighted by Gasteiger charge is 2.06. The molecule has 3 nitrogen and oxygen atoms in total. The van der Waals surface area contributed by atoms with Gasteiger partial charge in [-0.05, 0) is 55.3 Å². The molecule has 0 aliphatic rings. The van der Waals surface area contributed by atoms with Gasteiger partial charge in [-0.2, -0.15) is 0 Å². The van der Waals surface area contributed by atoms with Crippen molar-refractivity contribution in [2.24, 2.45) is 0 Å². The normalized spacial score (nSPS) is 10.8. The Hall–Kier alpha value is -2.07. The summed E-state index contributed by atoms with van der Waals surface area (Å²) >= 11 is 1.67. The summed E-state index contributed by atoms with van der Waals surface area (Å²) in [5, 5.41) is 4.30. The first kappa shape index (κ1) is 12.9. The lowest BCUT2D eigenvalue weighted by Crippen LogP contribution is -1.93. The number of thiazole rings is 1. The van der Waals surface area contributed by atoms with E-state index in [0.29, 0.717) is 0 Å². The van der Waals surface area contributed by atoms with Crippen LogP contribution < -0.4 is 10.1 Å². The number of methoxy groups -OCH3 is 1. The first-order valence-corrected chi connectivity index (χ1v) is 7.26. The zero-order chi connectivity index (χ0) is 14.1. The van der Waals surface area contributed by atoms with Crippen molar-refractivity contribution in [3.63, 3.8) is 0 Å². The number of benzene rings is 2. The van der Waals surface area contributed by atoms with Crippen molar-refractivity contribution in [1.82, 2.24) is 4.98 Å². The molecule has 0 atom stereocenters. The number of ether oxygens (including phenoxy) is 1. The summed E-state index contributed by atoms with van der Waals surface area (Å²) in [4.78, 5) is 4.63. The Morgan fingerprint density at radius 2 is 1.95 bits per heavy atom. The van der Waals surface area contributed by atoms with Gasteiger partial charge in [-0.3, -0.25) is 0 Å². The van der Waals surface area contributed by atoms with E-state index in [0.717, 1.165) is 27.6 Å². The Morgan fingerprint density at radius 1 is 1.10 bits per heavy atom. The first-order valence-electron chi connectivity index (χ1n) is 6.44. The summed E-state index contributed by atoms with van der Waals surface area (Å²) in [5.41, 5.74) is 4.47. The summed E-state index contributed by atoms with van der Waals surface area (Å²) in [7, 11) is 1.68. The third-order valence-corrected chi connectivity index (χ3v) is 4.17. The lowest BCUT2D eigenvalue weighted by atomic mass is 10.2. The summed E-state index contributed by atoms with van der Waals surface area (Å²) < 4.78 is 6.42. The lowest BCUT2D eigenvalue weighted by Gasteiger charge is -2.08. The summed E-state index contributed by atoms with van der Waals surface area (Å²) in [6.07, 6.45) is 0. The molecular weight excluding hydrogens is 268 g/mol. The second kappa shape index (κ2) is 5.13. The molecular formula is C16H16N2OS. The third-order valence-electron chi connectivity index (χ3n) is 3.22. The number of hydrogen-bond acceptors (Lipinski definition) is 4. The van der Waals surface area contributed by atoms with Gasteiger partial charge in [0.25, 0.3) is 0 Å². The van der Waals surface area contributed by atoms with Gasteiger partial charge in [0, 0.05) is 5.69 Å². The quantitative estimate of drug-likeness (QED) is 0.759. The molecule has 0 aliphatic heterocycles. The van der Waals surface area contributed by atoms with Crippen LogP contribution in [0.1, 0.15) is 11.1 Å². The van der Waals surface area contributed by atoms with Gasteiger partial charge in [0.15, 0.2) is 5.13 Å². The fourth-order valence-corrected chi connectivity index (χ4v) is 2.97. The number of fused-ring (bicyclic) bond motifs is 1. The van der Waals surface area contributed by atoms with Crippen LogP contribution >= 0.6 is 11.3 Å². The van der Waals surface area contributed by atoms with Gasteiger partial charge >= 0.3 is 0 Å². The molecule has 0 spiro atoms. The molecule has 1 N–H and O–H groups in total. The van der Waals surface area contributed by atoms with Gasteiger partial charge in [-0.1, -0.05) is 17.4 Å². The van der Waals surface area contributed by atoms with Crippen LogP contribution in [0, 0.1) is 13.8 Å². The monoisotopic (exact) mass is 284 g/mol. The summed E-state index contributed by atoms with van der Waals surface area (Å²) in [5.74, 6) is 0.868. The van der Waals surface area contributed by atoms with Gasteiger partial charge in [0.05, 0.1) is 17.3 Å². The minimum Gasteiger partial charge on any atom is -0.497 e. The molecule has 1 heterocycles. The molecule has 0 bridgehead atoms. The first-order chi connectivity index (χ1) is 9.65. The average molecular weight is 284 g/mol. The average Bonchev–Trinajstić information content (AvgIpc) is 2.82. The highest BCUT2D eigenvalue weighted by atomic mass is 32.1. The molecule has 102 valence electrons. The number of aryl methyl sites for hydroxylation is 2. The fraction of sp³-hybridized carbons (Fsp3) is 0.188. The second-order valence-corrected chi connectivity index (χ2v) is 5.83. The molecule has 3 rings (SSSR count). The van der Waals surface area contributed by atoms with Crippen molar-refractivity contribution in [2.75, 3.05) is 12.4 Å². The topological polar surface area (TPSA) is 34.1 Å². The van der Waals surface area contributed by atoms with E-state index in [9.17, 15) is 0 Å². The Morgan fingerprint density at radius 3 is 2.70 bits per heavy atom. The zero-order valence-electron chi connectivity index (χ0n) is 11.7. The number of hydrogen-bond donors (Lipinski definition) is 1. The van der Waals surface area contributed by atoms with Crippen LogP contribution in [-0.2, 0) is 0 Å². The fourth-order valence-electron chi connectivity index (χ4n) is 2.11. The number of aromatic nitrogens is 1. The number of nitrogens with one attached hydrogen (secondary N) is 1. The third kappa shape index (κ3) is 2.47. The molecule has 0 radical (unpaired) electrons. The lowest BCUT2D eigenvalue weighted by molar-refractivity contribution is 0.414. The van der Waals surface area contributed by atoms with Crippen LogP contribution in [0.15, 0.2) is 36.4 Å². The molecule has 4 heteroatoms. The molecule has 0 aliphatic carbocycles. The van der Waals surface area contributed by atoms with E-state index in [1.807, 2.05) is 18.2 Å². The molecule has 0 saturated carbocycles. The van der Waals surface area contributed by atoms with E-state index in [4.69, 9.17) is 4.74 Å². The van der Waals surface area contributed by atoms with Gasteiger partial charge < -0.3 is 10.1 Å². The van der Waals surface area contributed by atoms with E-state index in [1.54, 1.807) is 18.4 Å². The minimum atomic E-state index is 0.868. The van der Waals surface area contributed by atoms with Gasteiger partial charge in [-0.25, -0.2) is 4.98 Å². The number of nitrogens with zero attached hydrogens (tertiary/aromatic N) is 1. The van der Waals surface area contributed by atoms with Crippen molar-refractivity contribution in [1.29, 1.82) is 0 Å². The van der Waals surface area contributed by atoms with Crippen LogP contribution in [0.4, 0.5) is 10.8 Å². The van der Waals surface area contributed by atoms with Crippen molar-refractivity contribution >= 4 is 32.4 Å². The van der Waals surface area contributed by atoms with Crippen LogP contribution in [0.5, 0.6) is 5.75 Å². The highest BCUT2D eigenvalue weighted by molar-refractivity contribution is 7.22. The SMILES string of the molecule is COc1ccc(Nc2nc3cc(C)ccc3s2)c(C)c1. The predicted octanol–water partition coefficient (Wildman–Crippen LogP) is 4.67. The molecule has 0 saturated heterocycles. The summed E-state index contributed by atoms with van der Waals surface area (Å²) in [6, 6.07) is 12.3. The number of anilines is 2. The van der Waals surface area contributed by atoms with E-state index < -0.39 is 0 Å². The second-order valence-electron chi connectivity index (χ2n) is 4.80. The van der Waals surface area contributed by atoms with Gasteiger partial charge in [-0.15, -0.1) is 0 Å². The summed E-state index contributed by atoms with van der Waals surface area (Å²) in [6.45, 7) is 4.14. The van der Waals surface area contributed by atoms with Gasteiger partial charge in [0.2, 0.25) is 0 Å². The smallest absolute Gasteiger partial charge is 0.188 e. The van der Waals surface area contributed by atoms with Crippen LogP contribution in [0.2, 0.25) is 0 Å². The highest BCUT2D eigenvalue weighted by Crippen LogP contribution is 2.30. The molecule has 1 aromatic heterocycles. The Kier molecular flexibility index (Phi) is 3.32. The van der Waals surface area contributed by atoms with E-state index in [1.165, 1.54) is 10.3 Å². The largest absolute Gasteiger partial charge is 0.497 e. The van der Waals surface area contributed by atoms with Crippen LogP contribution in [-0.4, -0.2) is 12.1 Å². The Balaban J connectivity index is 1.92. The minimum absolute atomic E-state index is 0.868. The van der Waals surface area contributed by atoms with Crippen molar-refractivity contribution in [2.45, 2.75) is 13.8 Å². The van der Waals surface area contributed by atoms with Gasteiger partial charge in [0.1, 0.15) is 5.75 Å². The van der Waals surface area contributed by atoms with E-state index >= 15 is 0 Å².